The summed E-state index contributed by atoms with van der Waals surface area (Å²) in [4.78, 5) is 0. The molecule has 1 atom stereocenters. The van der Waals surface area contributed by atoms with Crippen molar-refractivity contribution in [2.75, 3.05) is 0 Å². The molecule has 0 radical (unpaired) electrons. The van der Waals surface area contributed by atoms with Crippen LogP contribution in [0.1, 0.15) is 24.2 Å². The third-order valence-electron chi connectivity index (χ3n) is 2.72. The Hall–Kier alpha value is -0.910. The molecule has 1 heterocycles. The Labute approximate surface area is 118 Å². The summed E-state index contributed by atoms with van der Waals surface area (Å²) in [5.74, 6) is -0.364. The second-order valence-electron chi connectivity index (χ2n) is 3.84. The molecule has 0 spiro atoms. The zero-order valence-corrected chi connectivity index (χ0v) is 12.0. The van der Waals surface area contributed by atoms with Crippen LogP contribution in [-0.2, 0) is 6.54 Å². The topological polar surface area (TPSA) is 43.8 Å². The number of benzene rings is 1. The molecule has 0 aliphatic rings. The van der Waals surface area contributed by atoms with E-state index in [1.165, 1.54) is 12.3 Å². The Morgan fingerprint density at radius 2 is 2.28 bits per heavy atom. The highest BCUT2D eigenvalue weighted by atomic mass is 79.9. The van der Waals surface area contributed by atoms with Gasteiger partial charge in [0.05, 0.1) is 23.0 Å². The summed E-state index contributed by atoms with van der Waals surface area (Å²) in [6.07, 6.45) is 1.52. The molecule has 0 amide bonds. The summed E-state index contributed by atoms with van der Waals surface area (Å²) in [5.41, 5.74) is 7.11. The van der Waals surface area contributed by atoms with E-state index in [4.69, 9.17) is 17.3 Å². The van der Waals surface area contributed by atoms with E-state index >= 15 is 0 Å². The molecule has 18 heavy (non-hydrogen) atoms. The third-order valence-corrected chi connectivity index (χ3v) is 3.51. The monoisotopic (exact) mass is 331 g/mol. The molecule has 1 aromatic carbocycles. The molecule has 1 aromatic heterocycles. The van der Waals surface area contributed by atoms with E-state index in [9.17, 15) is 4.39 Å². The van der Waals surface area contributed by atoms with Crippen LogP contribution in [0.4, 0.5) is 4.39 Å². The Morgan fingerprint density at radius 1 is 1.56 bits per heavy atom. The average Bonchev–Trinajstić information content (AvgIpc) is 2.69. The van der Waals surface area contributed by atoms with E-state index < -0.39 is 6.04 Å². The zero-order valence-electron chi connectivity index (χ0n) is 9.70. The Bertz CT molecular complexity index is 570. The van der Waals surface area contributed by atoms with Gasteiger partial charge in [0, 0.05) is 16.6 Å². The van der Waals surface area contributed by atoms with E-state index in [1.54, 1.807) is 16.8 Å². The zero-order chi connectivity index (χ0) is 13.3. The average molecular weight is 333 g/mol. The minimum atomic E-state index is -0.631. The highest BCUT2D eigenvalue weighted by Crippen LogP contribution is 2.29. The normalized spacial score (nSPS) is 12.7. The van der Waals surface area contributed by atoms with Crippen molar-refractivity contribution in [3.05, 3.63) is 51.0 Å². The van der Waals surface area contributed by atoms with Gasteiger partial charge in [-0.05, 0) is 19.1 Å². The number of aryl methyl sites for hydroxylation is 1. The number of nitrogens with zero attached hydrogens (tertiary/aromatic N) is 2. The number of rotatable bonds is 3. The summed E-state index contributed by atoms with van der Waals surface area (Å²) in [5, 5.41) is 4.55. The summed E-state index contributed by atoms with van der Waals surface area (Å²) < 4.78 is 16.2. The molecule has 0 bridgehead atoms. The smallest absolute Gasteiger partial charge is 0.129 e. The number of halogens is 3. The van der Waals surface area contributed by atoms with Crippen LogP contribution in [0.15, 0.2) is 28.9 Å². The van der Waals surface area contributed by atoms with Crippen molar-refractivity contribution in [3.63, 3.8) is 0 Å². The molecule has 2 aromatic rings. The van der Waals surface area contributed by atoms with Crippen molar-refractivity contribution in [1.29, 1.82) is 0 Å². The minimum absolute atomic E-state index is 0.364. The fraction of sp³-hybridized carbons (Fsp3) is 0.250. The summed E-state index contributed by atoms with van der Waals surface area (Å²) >= 11 is 9.27. The predicted octanol–water partition coefficient (Wildman–Crippen LogP) is 3.51. The van der Waals surface area contributed by atoms with E-state index in [-0.39, 0.29) is 5.82 Å². The number of hydrogen-bond donors (Lipinski definition) is 1. The molecule has 0 aliphatic heterocycles. The van der Waals surface area contributed by atoms with Gasteiger partial charge in [0.1, 0.15) is 5.82 Å². The molecule has 0 fully saturated rings. The molecule has 96 valence electrons. The van der Waals surface area contributed by atoms with Crippen molar-refractivity contribution in [2.45, 2.75) is 19.5 Å². The Kier molecular flexibility index (Phi) is 4.04. The van der Waals surface area contributed by atoms with Crippen molar-refractivity contribution in [1.82, 2.24) is 9.78 Å². The maximum Gasteiger partial charge on any atom is 0.129 e. The molecule has 6 heteroatoms. The number of aromatic nitrogens is 2. The highest BCUT2D eigenvalue weighted by molar-refractivity contribution is 9.10. The second-order valence-corrected chi connectivity index (χ2v) is 5.16. The van der Waals surface area contributed by atoms with E-state index in [0.29, 0.717) is 27.3 Å². The molecule has 2 N–H and O–H groups in total. The van der Waals surface area contributed by atoms with Gasteiger partial charge in [-0.2, -0.15) is 5.10 Å². The van der Waals surface area contributed by atoms with Crippen LogP contribution in [0.2, 0.25) is 5.02 Å². The third kappa shape index (κ3) is 2.43. The van der Waals surface area contributed by atoms with Gasteiger partial charge in [0.15, 0.2) is 0 Å². The Balaban J connectivity index is 2.47. The molecule has 0 saturated carbocycles. The molecule has 3 nitrogen and oxygen atoms in total. The van der Waals surface area contributed by atoms with E-state index in [2.05, 4.69) is 21.0 Å². The first-order valence-electron chi connectivity index (χ1n) is 5.46. The first-order chi connectivity index (χ1) is 8.54. The van der Waals surface area contributed by atoms with Gasteiger partial charge in [-0.1, -0.05) is 33.6 Å². The minimum Gasteiger partial charge on any atom is -0.319 e. The van der Waals surface area contributed by atoms with E-state index in [0.717, 1.165) is 0 Å². The molecule has 0 aliphatic carbocycles. The second kappa shape index (κ2) is 5.38. The quantitative estimate of drug-likeness (QED) is 0.935. The van der Waals surface area contributed by atoms with Gasteiger partial charge in [-0.3, -0.25) is 4.68 Å². The van der Waals surface area contributed by atoms with E-state index in [1.807, 2.05) is 6.92 Å². The lowest BCUT2D eigenvalue weighted by Crippen LogP contribution is -2.18. The Morgan fingerprint density at radius 3 is 2.89 bits per heavy atom. The standard InChI is InChI=1S/C12H12BrClFN3/c1-2-18-12(9(14)6-17-18)11(16)8-4-3-7(13)5-10(8)15/h3-6,11H,2,16H2,1H3. The van der Waals surface area contributed by atoms with Crippen molar-refractivity contribution in [2.24, 2.45) is 5.73 Å². The van der Waals surface area contributed by atoms with Crippen LogP contribution in [0.5, 0.6) is 0 Å². The van der Waals surface area contributed by atoms with Crippen LogP contribution < -0.4 is 5.73 Å². The molecular weight excluding hydrogens is 321 g/mol. The van der Waals surface area contributed by atoms with Gasteiger partial charge >= 0.3 is 0 Å². The maximum atomic E-state index is 13.9. The number of hydrogen-bond acceptors (Lipinski definition) is 2. The fourth-order valence-corrected chi connectivity index (χ4v) is 2.43. The van der Waals surface area contributed by atoms with Gasteiger partial charge in [-0.25, -0.2) is 4.39 Å². The van der Waals surface area contributed by atoms with Crippen molar-refractivity contribution >= 4 is 27.5 Å². The van der Waals surface area contributed by atoms with Crippen molar-refractivity contribution in [3.8, 4) is 0 Å². The molecular formula is C12H12BrClFN3. The molecule has 0 saturated heterocycles. The largest absolute Gasteiger partial charge is 0.319 e. The van der Waals surface area contributed by atoms with Crippen molar-refractivity contribution < 1.29 is 4.39 Å². The highest BCUT2D eigenvalue weighted by Gasteiger charge is 2.20. The van der Waals surface area contributed by atoms with Crippen LogP contribution in [0.25, 0.3) is 0 Å². The van der Waals surface area contributed by atoms with Gasteiger partial charge in [0.25, 0.3) is 0 Å². The maximum absolute atomic E-state index is 13.9. The first-order valence-corrected chi connectivity index (χ1v) is 6.63. The van der Waals surface area contributed by atoms with Crippen LogP contribution in [0, 0.1) is 5.82 Å². The summed E-state index contributed by atoms with van der Waals surface area (Å²) in [6, 6.07) is 4.15. The van der Waals surface area contributed by atoms with Crippen LogP contribution >= 0.6 is 27.5 Å². The lowest BCUT2D eigenvalue weighted by atomic mass is 10.0. The first kappa shape index (κ1) is 13.5. The predicted molar refractivity (Wildman–Crippen MR) is 73.0 cm³/mol. The SMILES string of the molecule is CCn1ncc(Cl)c1C(N)c1ccc(Br)cc1F. The molecule has 2 rings (SSSR count). The lowest BCUT2D eigenvalue weighted by molar-refractivity contribution is 0.567. The van der Waals surface area contributed by atoms with Gasteiger partial charge in [-0.15, -0.1) is 0 Å². The van der Waals surface area contributed by atoms with Crippen LogP contribution in [-0.4, -0.2) is 9.78 Å². The fourth-order valence-electron chi connectivity index (χ4n) is 1.83. The summed E-state index contributed by atoms with van der Waals surface area (Å²) in [6.45, 7) is 2.56. The van der Waals surface area contributed by atoms with Gasteiger partial charge in [0.2, 0.25) is 0 Å². The summed E-state index contributed by atoms with van der Waals surface area (Å²) in [7, 11) is 0. The number of nitrogens with two attached hydrogens (primary N) is 1. The van der Waals surface area contributed by atoms with Crippen LogP contribution in [0.3, 0.4) is 0 Å². The molecule has 1 unspecified atom stereocenters. The lowest BCUT2D eigenvalue weighted by Gasteiger charge is -2.15. The van der Waals surface area contributed by atoms with Gasteiger partial charge < -0.3 is 5.73 Å².